The minimum atomic E-state index is -2.90. The van der Waals surface area contributed by atoms with E-state index in [0.717, 1.165) is 43.7 Å². The first-order valence-electron chi connectivity index (χ1n) is 14.5. The van der Waals surface area contributed by atoms with E-state index in [1.54, 1.807) is 0 Å². The van der Waals surface area contributed by atoms with E-state index < -0.39 is 9.84 Å². The second-order valence-corrected chi connectivity index (χ2v) is 13.6. The number of anilines is 1. The first-order chi connectivity index (χ1) is 19.4. The van der Waals surface area contributed by atoms with Crippen LogP contribution in [0.15, 0.2) is 60.7 Å². The molecule has 0 spiro atoms. The van der Waals surface area contributed by atoms with Crippen LogP contribution < -0.4 is 10.1 Å². The minimum absolute atomic E-state index is 0.00920. The molecule has 1 saturated heterocycles. The predicted octanol–water partition coefficient (Wildman–Crippen LogP) is 6.08. The van der Waals surface area contributed by atoms with Crippen molar-refractivity contribution in [2.75, 3.05) is 23.4 Å². The molecule has 0 unspecified atom stereocenters. The molecule has 1 aliphatic heterocycles. The number of carbonyl (C=O) groups is 1. The van der Waals surface area contributed by atoms with Gasteiger partial charge in [0.1, 0.15) is 11.9 Å². The molecule has 0 bridgehead atoms. The summed E-state index contributed by atoms with van der Waals surface area (Å²) in [5, 5.41) is 3.55. The molecule has 0 amide bonds. The Morgan fingerprint density at radius 1 is 0.925 bits per heavy atom. The van der Waals surface area contributed by atoms with Gasteiger partial charge in [-0.3, -0.25) is 4.79 Å². The van der Waals surface area contributed by atoms with Gasteiger partial charge in [0.15, 0.2) is 9.84 Å². The number of benzene rings is 3. The van der Waals surface area contributed by atoms with Crippen molar-refractivity contribution >= 4 is 21.5 Å². The number of hydrogen-bond donors (Lipinski definition) is 1. The van der Waals surface area contributed by atoms with Gasteiger partial charge in [-0.25, -0.2) is 8.42 Å². The van der Waals surface area contributed by atoms with Gasteiger partial charge >= 0.3 is 5.97 Å². The fourth-order valence-corrected chi connectivity index (χ4v) is 7.54. The SMILES string of the molecule is CCOC(=O)[C@H]1C[C@@H]1c1ccc(NCc2ccc3c(c2)-c2ccc(OC4CCS(=O)(=O)CC4)cc2CCC3)cc1. The maximum atomic E-state index is 12.0. The number of carbonyl (C=O) groups excluding carboxylic acids is 1. The lowest BCUT2D eigenvalue weighted by molar-refractivity contribution is -0.144. The van der Waals surface area contributed by atoms with Gasteiger partial charge in [0.25, 0.3) is 0 Å². The average molecular weight is 560 g/mol. The monoisotopic (exact) mass is 559 g/mol. The fourth-order valence-electron chi connectivity index (χ4n) is 6.09. The largest absolute Gasteiger partial charge is 0.490 e. The van der Waals surface area contributed by atoms with Crippen LogP contribution in [0.25, 0.3) is 11.1 Å². The second kappa shape index (κ2) is 11.3. The lowest BCUT2D eigenvalue weighted by Gasteiger charge is -2.24. The molecule has 0 radical (unpaired) electrons. The number of aryl methyl sites for hydroxylation is 2. The van der Waals surface area contributed by atoms with Crippen molar-refractivity contribution in [3.8, 4) is 16.9 Å². The highest BCUT2D eigenvalue weighted by molar-refractivity contribution is 7.91. The quantitative estimate of drug-likeness (QED) is 0.337. The van der Waals surface area contributed by atoms with Gasteiger partial charge in [0, 0.05) is 12.2 Å². The molecule has 210 valence electrons. The predicted molar refractivity (Wildman–Crippen MR) is 157 cm³/mol. The molecule has 1 heterocycles. The van der Waals surface area contributed by atoms with Gasteiger partial charge in [0.2, 0.25) is 0 Å². The van der Waals surface area contributed by atoms with E-state index in [-0.39, 0.29) is 35.4 Å². The minimum Gasteiger partial charge on any atom is -0.490 e. The van der Waals surface area contributed by atoms with Crippen molar-refractivity contribution in [3.63, 3.8) is 0 Å². The molecule has 3 aromatic carbocycles. The van der Waals surface area contributed by atoms with E-state index in [0.29, 0.717) is 19.4 Å². The van der Waals surface area contributed by atoms with E-state index in [1.807, 2.05) is 13.0 Å². The van der Waals surface area contributed by atoms with Crippen molar-refractivity contribution in [1.82, 2.24) is 0 Å². The summed E-state index contributed by atoms with van der Waals surface area (Å²) in [6.07, 6.45) is 5.11. The summed E-state index contributed by atoms with van der Waals surface area (Å²) in [5.74, 6) is 1.48. The molecule has 1 saturated carbocycles. The van der Waals surface area contributed by atoms with Crippen molar-refractivity contribution < 1.29 is 22.7 Å². The van der Waals surface area contributed by atoms with E-state index in [2.05, 4.69) is 59.9 Å². The Morgan fingerprint density at radius 3 is 2.48 bits per heavy atom. The molecule has 1 N–H and O–H groups in total. The summed E-state index contributed by atoms with van der Waals surface area (Å²) in [7, 11) is -2.90. The smallest absolute Gasteiger partial charge is 0.309 e. The maximum absolute atomic E-state index is 12.0. The normalized spacial score (nSPS) is 21.4. The zero-order valence-electron chi connectivity index (χ0n) is 23.0. The average Bonchev–Trinajstić information content (AvgIpc) is 3.77. The van der Waals surface area contributed by atoms with Gasteiger partial charge in [-0.1, -0.05) is 30.3 Å². The van der Waals surface area contributed by atoms with Gasteiger partial charge in [0.05, 0.1) is 24.0 Å². The zero-order valence-corrected chi connectivity index (χ0v) is 23.8. The van der Waals surface area contributed by atoms with Crippen molar-refractivity contribution in [2.45, 2.75) is 64.0 Å². The number of hydrogen-bond acceptors (Lipinski definition) is 6. The summed E-state index contributed by atoms with van der Waals surface area (Å²) in [6, 6.07) is 21.6. The van der Waals surface area contributed by atoms with Crippen LogP contribution in [0.5, 0.6) is 5.75 Å². The molecule has 2 atom stereocenters. The number of nitrogens with one attached hydrogen (secondary N) is 1. The fraction of sp³-hybridized carbons (Fsp3) is 0.424. The summed E-state index contributed by atoms with van der Waals surface area (Å²) >= 11 is 0. The standard InChI is InChI=1S/C33H37NO5S/c1-2-38-33(35)32-20-31(32)24-8-10-26(11-9-24)34-21-22-6-7-23-4-3-5-25-19-28(12-13-29(25)30(23)18-22)39-27-14-16-40(36,37)17-15-27/h6-13,18-19,27,31-32,34H,2-5,14-17,20-21H2,1H3/t31-,32+/m1/s1. The Hall–Kier alpha value is -3.32. The van der Waals surface area contributed by atoms with Gasteiger partial charge in [-0.15, -0.1) is 0 Å². The van der Waals surface area contributed by atoms with E-state index in [4.69, 9.17) is 9.47 Å². The molecule has 6 rings (SSSR count). The lowest BCUT2D eigenvalue weighted by Crippen LogP contribution is -2.30. The lowest BCUT2D eigenvalue weighted by atomic mass is 9.94. The summed E-state index contributed by atoms with van der Waals surface area (Å²) in [4.78, 5) is 12.0. The molecule has 2 aliphatic carbocycles. The van der Waals surface area contributed by atoms with Crippen molar-refractivity contribution in [1.29, 1.82) is 0 Å². The van der Waals surface area contributed by atoms with E-state index in [1.165, 1.54) is 33.4 Å². The van der Waals surface area contributed by atoms with E-state index >= 15 is 0 Å². The second-order valence-electron chi connectivity index (χ2n) is 11.3. The Kier molecular flexibility index (Phi) is 7.58. The first kappa shape index (κ1) is 26.9. The van der Waals surface area contributed by atoms with Crippen molar-refractivity contribution in [3.05, 3.63) is 82.9 Å². The van der Waals surface area contributed by atoms with Crippen LogP contribution in [0.2, 0.25) is 0 Å². The third-order valence-electron chi connectivity index (χ3n) is 8.45. The number of ether oxygens (including phenoxy) is 2. The van der Waals surface area contributed by atoms with Crippen LogP contribution in [0.3, 0.4) is 0 Å². The highest BCUT2D eigenvalue weighted by Gasteiger charge is 2.45. The third-order valence-corrected chi connectivity index (χ3v) is 10.2. The first-order valence-corrected chi connectivity index (χ1v) is 16.3. The molecule has 40 heavy (non-hydrogen) atoms. The molecule has 2 fully saturated rings. The summed E-state index contributed by atoms with van der Waals surface area (Å²) in [6.45, 7) is 3.01. The topological polar surface area (TPSA) is 81.7 Å². The Labute approximate surface area is 237 Å². The third kappa shape index (κ3) is 6.04. The molecule has 3 aromatic rings. The van der Waals surface area contributed by atoms with Crippen LogP contribution in [0.4, 0.5) is 5.69 Å². The Bertz CT molecular complexity index is 1480. The summed E-state index contributed by atoms with van der Waals surface area (Å²) < 4.78 is 34.9. The van der Waals surface area contributed by atoms with Crippen LogP contribution in [0, 0.1) is 5.92 Å². The zero-order chi connectivity index (χ0) is 27.7. The van der Waals surface area contributed by atoms with Crippen LogP contribution in [0.1, 0.15) is 60.8 Å². The van der Waals surface area contributed by atoms with E-state index in [9.17, 15) is 13.2 Å². The molecule has 0 aromatic heterocycles. The Balaban J connectivity index is 1.11. The molecule has 3 aliphatic rings. The maximum Gasteiger partial charge on any atom is 0.309 e. The number of rotatable bonds is 8. The van der Waals surface area contributed by atoms with Gasteiger partial charge in [-0.05, 0) is 115 Å². The van der Waals surface area contributed by atoms with Crippen molar-refractivity contribution in [2.24, 2.45) is 5.92 Å². The molecular weight excluding hydrogens is 522 g/mol. The highest BCUT2D eigenvalue weighted by atomic mass is 32.2. The van der Waals surface area contributed by atoms with Gasteiger partial charge < -0.3 is 14.8 Å². The van der Waals surface area contributed by atoms with Crippen LogP contribution >= 0.6 is 0 Å². The number of esters is 1. The summed E-state index contributed by atoms with van der Waals surface area (Å²) in [5.41, 5.74) is 8.70. The van der Waals surface area contributed by atoms with Gasteiger partial charge in [-0.2, -0.15) is 0 Å². The van der Waals surface area contributed by atoms with Crippen LogP contribution in [-0.4, -0.2) is 38.6 Å². The Morgan fingerprint density at radius 2 is 1.70 bits per heavy atom. The van der Waals surface area contributed by atoms with Crippen LogP contribution in [-0.2, 0) is 38.8 Å². The number of fused-ring (bicyclic) bond motifs is 3. The highest BCUT2D eigenvalue weighted by Crippen LogP contribution is 2.48. The molecule has 7 heteroatoms. The number of sulfone groups is 1. The molecule has 6 nitrogen and oxygen atoms in total. The molecular formula is C33H37NO5S.